The van der Waals surface area contributed by atoms with Crippen LogP contribution in [-0.2, 0) is 12.4 Å². The molecule has 1 nitrogen and oxygen atoms in total. The van der Waals surface area contributed by atoms with Crippen molar-refractivity contribution >= 4 is 17.3 Å². The Bertz CT molecular complexity index is 563. The van der Waals surface area contributed by atoms with E-state index in [0.717, 1.165) is 6.54 Å². The first-order valence-electron chi connectivity index (χ1n) is 6.52. The zero-order valence-electron chi connectivity index (χ0n) is 11.8. The Morgan fingerprint density at radius 3 is 2.42 bits per heavy atom. The van der Waals surface area contributed by atoms with Crippen LogP contribution in [0, 0.1) is 13.8 Å². The number of aryl methyl sites for hydroxylation is 2. The lowest BCUT2D eigenvalue weighted by atomic mass is 10.1. The maximum absolute atomic E-state index is 6.05. The van der Waals surface area contributed by atoms with Gasteiger partial charge in [0, 0.05) is 25.2 Å². The van der Waals surface area contributed by atoms with E-state index in [0.29, 0.717) is 5.88 Å². The predicted molar refractivity (Wildman–Crippen MR) is 84.0 cm³/mol. The first-order valence-corrected chi connectivity index (χ1v) is 7.06. The topological polar surface area (TPSA) is 3.24 Å². The number of nitrogens with zero attached hydrogens (tertiary/aromatic N) is 1. The molecule has 0 aliphatic rings. The van der Waals surface area contributed by atoms with Crippen LogP contribution < -0.4 is 4.90 Å². The van der Waals surface area contributed by atoms with Crippen LogP contribution in [0.15, 0.2) is 42.5 Å². The molecule has 2 rings (SSSR count). The minimum absolute atomic E-state index is 0.551. The third kappa shape index (κ3) is 3.51. The maximum Gasteiger partial charge on any atom is 0.0494 e. The second-order valence-corrected chi connectivity index (χ2v) is 5.38. The van der Waals surface area contributed by atoms with E-state index < -0.39 is 0 Å². The molecule has 0 saturated carbocycles. The van der Waals surface area contributed by atoms with Crippen LogP contribution in [0.4, 0.5) is 5.69 Å². The molecule has 0 saturated heterocycles. The van der Waals surface area contributed by atoms with Gasteiger partial charge in [-0.1, -0.05) is 47.5 Å². The highest BCUT2D eigenvalue weighted by Gasteiger charge is 2.07. The molecule has 0 aliphatic carbocycles. The quantitative estimate of drug-likeness (QED) is 0.731. The molecule has 0 fully saturated rings. The normalized spacial score (nSPS) is 10.5. The van der Waals surface area contributed by atoms with Crippen LogP contribution in [0.3, 0.4) is 0 Å². The zero-order chi connectivity index (χ0) is 13.8. The molecule has 0 bridgehead atoms. The largest absolute Gasteiger partial charge is 0.370 e. The van der Waals surface area contributed by atoms with Crippen LogP contribution in [0.2, 0.25) is 0 Å². The molecule has 0 radical (unpaired) electrons. The Hall–Kier alpha value is -1.47. The first-order chi connectivity index (χ1) is 9.10. The number of halogens is 1. The first kappa shape index (κ1) is 14.0. The van der Waals surface area contributed by atoms with Gasteiger partial charge in [-0.05, 0) is 31.0 Å². The molecule has 19 heavy (non-hydrogen) atoms. The number of anilines is 1. The lowest BCUT2D eigenvalue weighted by molar-refractivity contribution is 0.914. The fourth-order valence-corrected chi connectivity index (χ4v) is 2.58. The average Bonchev–Trinajstić information content (AvgIpc) is 2.38. The van der Waals surface area contributed by atoms with Crippen molar-refractivity contribution in [3.8, 4) is 0 Å². The maximum atomic E-state index is 6.05. The molecule has 0 unspecified atom stereocenters. The van der Waals surface area contributed by atoms with Gasteiger partial charge in [-0.25, -0.2) is 0 Å². The summed E-state index contributed by atoms with van der Waals surface area (Å²) < 4.78 is 0. The monoisotopic (exact) mass is 273 g/mol. The number of alkyl halides is 1. The van der Waals surface area contributed by atoms with E-state index in [1.807, 2.05) is 0 Å². The van der Waals surface area contributed by atoms with Gasteiger partial charge < -0.3 is 4.90 Å². The predicted octanol–water partition coefficient (Wildman–Crippen LogP) is 4.68. The second kappa shape index (κ2) is 6.12. The fraction of sp³-hybridized carbons (Fsp3) is 0.294. The van der Waals surface area contributed by atoms with Crippen molar-refractivity contribution in [1.82, 2.24) is 0 Å². The van der Waals surface area contributed by atoms with Gasteiger partial charge in [0.2, 0.25) is 0 Å². The summed E-state index contributed by atoms with van der Waals surface area (Å²) in [6.07, 6.45) is 0. The smallest absolute Gasteiger partial charge is 0.0494 e. The van der Waals surface area contributed by atoms with E-state index in [1.54, 1.807) is 0 Å². The third-order valence-corrected chi connectivity index (χ3v) is 3.58. The molecule has 2 aromatic rings. The van der Waals surface area contributed by atoms with E-state index >= 15 is 0 Å². The molecule has 0 amide bonds. The van der Waals surface area contributed by atoms with Crippen molar-refractivity contribution in [2.24, 2.45) is 0 Å². The Labute approximate surface area is 120 Å². The number of hydrogen-bond acceptors (Lipinski definition) is 1. The summed E-state index contributed by atoms with van der Waals surface area (Å²) in [5.74, 6) is 0.551. The van der Waals surface area contributed by atoms with Gasteiger partial charge in [0.05, 0.1) is 0 Å². The molecule has 0 aromatic heterocycles. The van der Waals surface area contributed by atoms with Crippen LogP contribution in [0.25, 0.3) is 0 Å². The van der Waals surface area contributed by atoms with E-state index in [9.17, 15) is 0 Å². The highest BCUT2D eigenvalue weighted by Crippen LogP contribution is 2.24. The lowest BCUT2D eigenvalue weighted by Gasteiger charge is -2.22. The molecule has 0 spiro atoms. The van der Waals surface area contributed by atoms with Gasteiger partial charge in [-0.3, -0.25) is 0 Å². The molecular weight excluding hydrogens is 254 g/mol. The van der Waals surface area contributed by atoms with E-state index in [2.05, 4.69) is 68.3 Å². The molecule has 2 heteroatoms. The molecule has 0 N–H and O–H groups in total. The highest BCUT2D eigenvalue weighted by atomic mass is 35.5. The van der Waals surface area contributed by atoms with Gasteiger partial charge in [-0.2, -0.15) is 0 Å². The van der Waals surface area contributed by atoms with E-state index in [4.69, 9.17) is 11.6 Å². The summed E-state index contributed by atoms with van der Waals surface area (Å²) in [5.41, 5.74) is 6.28. The van der Waals surface area contributed by atoms with Gasteiger partial charge >= 0.3 is 0 Å². The van der Waals surface area contributed by atoms with Gasteiger partial charge in [-0.15, -0.1) is 11.6 Å². The van der Waals surface area contributed by atoms with Crippen molar-refractivity contribution in [1.29, 1.82) is 0 Å². The fourth-order valence-electron chi connectivity index (χ4n) is 2.36. The minimum Gasteiger partial charge on any atom is -0.370 e. The molecule has 0 aliphatic heterocycles. The van der Waals surface area contributed by atoms with Crippen molar-refractivity contribution in [2.45, 2.75) is 26.3 Å². The minimum atomic E-state index is 0.551. The second-order valence-electron chi connectivity index (χ2n) is 5.11. The Kier molecular flexibility index (Phi) is 4.49. The summed E-state index contributed by atoms with van der Waals surface area (Å²) >= 11 is 6.05. The number of rotatable bonds is 4. The summed E-state index contributed by atoms with van der Waals surface area (Å²) in [4.78, 5) is 2.26. The van der Waals surface area contributed by atoms with Gasteiger partial charge in [0.25, 0.3) is 0 Å². The highest BCUT2D eigenvalue weighted by molar-refractivity contribution is 6.17. The van der Waals surface area contributed by atoms with Crippen molar-refractivity contribution in [3.05, 3.63) is 64.7 Å². The van der Waals surface area contributed by atoms with E-state index in [-0.39, 0.29) is 0 Å². The SMILES string of the molecule is Cc1cccc(CN(C)c2ccc(C)cc2CCl)c1. The van der Waals surface area contributed by atoms with Crippen molar-refractivity contribution in [3.63, 3.8) is 0 Å². The standard InChI is InChI=1S/C17H20ClN/c1-13-5-4-6-15(9-13)12-19(3)17-8-7-14(2)10-16(17)11-18/h4-10H,11-12H2,1-3H3. The molecule has 2 aromatic carbocycles. The summed E-state index contributed by atoms with van der Waals surface area (Å²) in [7, 11) is 2.11. The molecular formula is C17H20ClN. The number of hydrogen-bond donors (Lipinski definition) is 0. The summed E-state index contributed by atoms with van der Waals surface area (Å²) in [6.45, 7) is 5.12. The van der Waals surface area contributed by atoms with Gasteiger partial charge in [0.1, 0.15) is 0 Å². The van der Waals surface area contributed by atoms with Crippen LogP contribution in [0.5, 0.6) is 0 Å². The molecule has 0 atom stereocenters. The Balaban J connectivity index is 2.22. The van der Waals surface area contributed by atoms with Crippen LogP contribution in [0.1, 0.15) is 22.3 Å². The average molecular weight is 274 g/mol. The van der Waals surface area contributed by atoms with Crippen LogP contribution >= 0.6 is 11.6 Å². The summed E-state index contributed by atoms with van der Waals surface area (Å²) in [6, 6.07) is 15.1. The van der Waals surface area contributed by atoms with Crippen molar-refractivity contribution < 1.29 is 0 Å². The Morgan fingerprint density at radius 2 is 1.74 bits per heavy atom. The molecule has 100 valence electrons. The van der Waals surface area contributed by atoms with Crippen molar-refractivity contribution in [2.75, 3.05) is 11.9 Å². The lowest BCUT2D eigenvalue weighted by Crippen LogP contribution is -2.17. The van der Waals surface area contributed by atoms with Gasteiger partial charge in [0.15, 0.2) is 0 Å². The van der Waals surface area contributed by atoms with Crippen LogP contribution in [-0.4, -0.2) is 7.05 Å². The third-order valence-electron chi connectivity index (χ3n) is 3.29. The Morgan fingerprint density at radius 1 is 1.00 bits per heavy atom. The summed E-state index contributed by atoms with van der Waals surface area (Å²) in [5, 5.41) is 0. The number of benzene rings is 2. The zero-order valence-corrected chi connectivity index (χ0v) is 12.5. The van der Waals surface area contributed by atoms with E-state index in [1.165, 1.54) is 27.9 Å². The molecule has 0 heterocycles.